The summed E-state index contributed by atoms with van der Waals surface area (Å²) in [6.45, 7) is 1.52. The predicted molar refractivity (Wildman–Crippen MR) is 53.7 cm³/mol. The first-order valence-corrected chi connectivity index (χ1v) is 4.74. The van der Waals surface area contributed by atoms with Crippen LogP contribution in [0.3, 0.4) is 0 Å². The molecule has 1 saturated carbocycles. The number of piperidine rings is 1. The fourth-order valence-electron chi connectivity index (χ4n) is 2.53. The van der Waals surface area contributed by atoms with E-state index in [0.717, 1.165) is 19.5 Å². The van der Waals surface area contributed by atoms with Gasteiger partial charge in [0, 0.05) is 13.0 Å². The summed E-state index contributed by atoms with van der Waals surface area (Å²) in [5, 5.41) is 2.89. The average molecular weight is 205 g/mol. The molecule has 1 heterocycles. The third-order valence-electron chi connectivity index (χ3n) is 3.56. The second-order valence-corrected chi connectivity index (χ2v) is 4.13. The molecule has 3 N–H and O–H groups in total. The molecule has 0 bridgehead atoms. The summed E-state index contributed by atoms with van der Waals surface area (Å²) in [5.74, 6) is 0.753. The summed E-state index contributed by atoms with van der Waals surface area (Å²) in [7, 11) is 0. The van der Waals surface area contributed by atoms with Gasteiger partial charge in [-0.15, -0.1) is 12.4 Å². The van der Waals surface area contributed by atoms with E-state index in [0.29, 0.717) is 11.3 Å². The monoisotopic (exact) mass is 204 g/mol. The number of amides is 1. The van der Waals surface area contributed by atoms with Gasteiger partial charge >= 0.3 is 0 Å². The number of hydrogen-bond donors (Lipinski definition) is 2. The van der Waals surface area contributed by atoms with Crippen LogP contribution >= 0.6 is 12.4 Å². The van der Waals surface area contributed by atoms with E-state index in [2.05, 4.69) is 5.32 Å². The molecule has 0 aromatic rings. The van der Waals surface area contributed by atoms with Crippen molar-refractivity contribution < 1.29 is 4.79 Å². The number of halogens is 1. The first-order chi connectivity index (χ1) is 5.77. The Kier molecular flexibility index (Phi) is 3.19. The van der Waals surface area contributed by atoms with Gasteiger partial charge in [0.05, 0.1) is 0 Å². The second kappa shape index (κ2) is 3.84. The summed E-state index contributed by atoms with van der Waals surface area (Å²) in [5.41, 5.74) is 5.99. The zero-order valence-electron chi connectivity index (χ0n) is 7.71. The molecule has 1 aliphatic carbocycles. The standard InChI is InChI=1S/C9H16N2O.ClH/c10-5-7-6-11-8(12)4-9(7)2-1-3-9;/h7H,1-6,10H2,(H,11,12);1H. The van der Waals surface area contributed by atoms with Gasteiger partial charge in [0.2, 0.25) is 5.91 Å². The minimum atomic E-state index is 0. The largest absolute Gasteiger partial charge is 0.356 e. The maximum absolute atomic E-state index is 11.2. The summed E-state index contributed by atoms with van der Waals surface area (Å²) in [6.07, 6.45) is 4.42. The SMILES string of the molecule is Cl.NCC1CNC(=O)CC12CCC2. The number of hydrogen-bond acceptors (Lipinski definition) is 2. The van der Waals surface area contributed by atoms with Crippen molar-refractivity contribution in [2.75, 3.05) is 13.1 Å². The van der Waals surface area contributed by atoms with Crippen molar-refractivity contribution in [2.45, 2.75) is 25.7 Å². The van der Waals surface area contributed by atoms with Crippen molar-refractivity contribution in [3.05, 3.63) is 0 Å². The van der Waals surface area contributed by atoms with Gasteiger partial charge in [-0.3, -0.25) is 4.79 Å². The second-order valence-electron chi connectivity index (χ2n) is 4.13. The molecular formula is C9H17ClN2O. The Labute approximate surface area is 84.9 Å². The van der Waals surface area contributed by atoms with E-state index in [1.807, 2.05) is 0 Å². The van der Waals surface area contributed by atoms with Crippen molar-refractivity contribution in [2.24, 2.45) is 17.1 Å². The zero-order valence-corrected chi connectivity index (χ0v) is 8.53. The van der Waals surface area contributed by atoms with Gasteiger partial charge in [0.25, 0.3) is 0 Å². The Morgan fingerprint density at radius 2 is 2.23 bits per heavy atom. The molecule has 13 heavy (non-hydrogen) atoms. The molecular weight excluding hydrogens is 188 g/mol. The molecule has 0 aromatic heterocycles. The van der Waals surface area contributed by atoms with Crippen molar-refractivity contribution in [3.63, 3.8) is 0 Å². The summed E-state index contributed by atoms with van der Waals surface area (Å²) >= 11 is 0. The number of carbonyl (C=O) groups is 1. The van der Waals surface area contributed by atoms with Gasteiger partial charge < -0.3 is 11.1 Å². The summed E-state index contributed by atoms with van der Waals surface area (Å²) in [4.78, 5) is 11.2. The van der Waals surface area contributed by atoms with Crippen LogP contribution in [0.15, 0.2) is 0 Å². The van der Waals surface area contributed by atoms with Gasteiger partial charge in [0.1, 0.15) is 0 Å². The normalized spacial score (nSPS) is 30.2. The highest BCUT2D eigenvalue weighted by Crippen LogP contribution is 2.50. The molecule has 1 amide bonds. The van der Waals surface area contributed by atoms with E-state index >= 15 is 0 Å². The van der Waals surface area contributed by atoms with E-state index < -0.39 is 0 Å². The first-order valence-electron chi connectivity index (χ1n) is 4.74. The van der Waals surface area contributed by atoms with Crippen molar-refractivity contribution in [3.8, 4) is 0 Å². The lowest BCUT2D eigenvalue weighted by Gasteiger charge is -2.50. The Morgan fingerprint density at radius 3 is 2.69 bits per heavy atom. The van der Waals surface area contributed by atoms with Crippen molar-refractivity contribution in [1.29, 1.82) is 0 Å². The van der Waals surface area contributed by atoms with Crippen LogP contribution in [0.2, 0.25) is 0 Å². The number of nitrogens with one attached hydrogen (secondary N) is 1. The zero-order chi connectivity index (χ0) is 8.60. The average Bonchev–Trinajstić information content (AvgIpc) is 2.01. The molecule has 0 aromatic carbocycles. The van der Waals surface area contributed by atoms with Gasteiger partial charge in [0.15, 0.2) is 0 Å². The Morgan fingerprint density at radius 1 is 1.54 bits per heavy atom. The third kappa shape index (κ3) is 1.67. The van der Waals surface area contributed by atoms with Crippen LogP contribution in [0.1, 0.15) is 25.7 Å². The van der Waals surface area contributed by atoms with Crippen LogP contribution in [0.5, 0.6) is 0 Å². The maximum Gasteiger partial charge on any atom is 0.220 e. The fraction of sp³-hybridized carbons (Fsp3) is 0.889. The van der Waals surface area contributed by atoms with Gasteiger partial charge in [-0.25, -0.2) is 0 Å². The van der Waals surface area contributed by atoms with E-state index in [-0.39, 0.29) is 18.3 Å². The minimum Gasteiger partial charge on any atom is -0.356 e. The van der Waals surface area contributed by atoms with E-state index in [1.54, 1.807) is 0 Å². The molecule has 1 spiro atoms. The topological polar surface area (TPSA) is 55.1 Å². The molecule has 1 atom stereocenters. The molecule has 2 rings (SSSR count). The van der Waals surface area contributed by atoms with Crippen LogP contribution in [0.4, 0.5) is 0 Å². The van der Waals surface area contributed by atoms with Crippen LogP contribution < -0.4 is 11.1 Å². The molecule has 0 radical (unpaired) electrons. The van der Waals surface area contributed by atoms with Crippen LogP contribution in [0, 0.1) is 11.3 Å². The van der Waals surface area contributed by atoms with E-state index in [1.165, 1.54) is 19.3 Å². The van der Waals surface area contributed by atoms with Gasteiger partial charge in [-0.2, -0.15) is 0 Å². The summed E-state index contributed by atoms with van der Waals surface area (Å²) < 4.78 is 0. The van der Waals surface area contributed by atoms with Gasteiger partial charge in [-0.1, -0.05) is 6.42 Å². The summed E-state index contributed by atoms with van der Waals surface area (Å²) in [6, 6.07) is 0. The minimum absolute atomic E-state index is 0. The van der Waals surface area contributed by atoms with Gasteiger partial charge in [-0.05, 0) is 30.7 Å². The van der Waals surface area contributed by atoms with Crippen LogP contribution in [-0.4, -0.2) is 19.0 Å². The van der Waals surface area contributed by atoms with E-state index in [9.17, 15) is 4.79 Å². The Bertz CT molecular complexity index is 204. The molecule has 4 heteroatoms. The molecule has 3 nitrogen and oxygen atoms in total. The highest BCUT2D eigenvalue weighted by Gasteiger charge is 2.46. The molecule has 1 unspecified atom stereocenters. The Balaban J connectivity index is 0.000000845. The molecule has 76 valence electrons. The molecule has 1 saturated heterocycles. The lowest BCUT2D eigenvalue weighted by atomic mass is 9.58. The van der Waals surface area contributed by atoms with Crippen LogP contribution in [0.25, 0.3) is 0 Å². The lowest BCUT2D eigenvalue weighted by molar-refractivity contribution is -0.131. The smallest absolute Gasteiger partial charge is 0.220 e. The number of carbonyl (C=O) groups excluding carboxylic acids is 1. The third-order valence-corrected chi connectivity index (χ3v) is 3.56. The highest BCUT2D eigenvalue weighted by molar-refractivity contribution is 5.85. The first kappa shape index (κ1) is 10.8. The highest BCUT2D eigenvalue weighted by atomic mass is 35.5. The fourth-order valence-corrected chi connectivity index (χ4v) is 2.53. The Hall–Kier alpha value is -0.280. The predicted octanol–water partition coefficient (Wildman–Crippen LogP) is 0.673. The van der Waals surface area contributed by atoms with Crippen molar-refractivity contribution >= 4 is 18.3 Å². The van der Waals surface area contributed by atoms with E-state index in [4.69, 9.17) is 5.73 Å². The molecule has 1 aliphatic heterocycles. The number of nitrogens with two attached hydrogens (primary N) is 1. The lowest BCUT2D eigenvalue weighted by Crippen LogP contribution is -2.53. The number of rotatable bonds is 1. The molecule has 2 fully saturated rings. The quantitative estimate of drug-likeness (QED) is 0.660. The van der Waals surface area contributed by atoms with Crippen LogP contribution in [-0.2, 0) is 4.79 Å². The maximum atomic E-state index is 11.2. The molecule has 2 aliphatic rings. The van der Waals surface area contributed by atoms with Crippen molar-refractivity contribution in [1.82, 2.24) is 5.32 Å².